The van der Waals surface area contributed by atoms with Crippen molar-refractivity contribution in [2.45, 2.75) is 6.92 Å². The summed E-state index contributed by atoms with van der Waals surface area (Å²) in [5, 5.41) is 6.14. The maximum absolute atomic E-state index is 10.4. The second-order valence-corrected chi connectivity index (χ2v) is 2.71. The van der Waals surface area contributed by atoms with Gasteiger partial charge in [0.1, 0.15) is 0 Å². The molecule has 0 aliphatic rings. The molecule has 1 rings (SSSR count). The van der Waals surface area contributed by atoms with Gasteiger partial charge in [-0.2, -0.15) is 5.10 Å². The second kappa shape index (κ2) is 3.82. The predicted molar refractivity (Wildman–Crippen MR) is 44.9 cm³/mol. The Morgan fingerprint density at radius 2 is 2.73 bits per heavy atom. The average molecular weight is 169 g/mol. The van der Waals surface area contributed by atoms with E-state index >= 15 is 0 Å². The van der Waals surface area contributed by atoms with Crippen LogP contribution >= 0.6 is 11.3 Å². The summed E-state index contributed by atoms with van der Waals surface area (Å²) in [6, 6.07) is 0. The predicted octanol–water partition coefficient (Wildman–Crippen LogP) is 1.13. The Labute approximate surface area is 68.0 Å². The third-order valence-corrected chi connectivity index (χ3v) is 1.52. The summed E-state index contributed by atoms with van der Waals surface area (Å²) >= 11 is 1.43. The van der Waals surface area contributed by atoms with Crippen molar-refractivity contribution in [1.82, 2.24) is 4.98 Å². The number of anilines is 1. The number of rotatable bonds is 3. The Morgan fingerprint density at radius 1 is 1.91 bits per heavy atom. The van der Waals surface area contributed by atoms with Gasteiger partial charge in [0.2, 0.25) is 5.13 Å². The van der Waals surface area contributed by atoms with E-state index in [1.54, 1.807) is 6.20 Å². The Morgan fingerprint density at radius 3 is 3.27 bits per heavy atom. The summed E-state index contributed by atoms with van der Waals surface area (Å²) in [4.78, 5) is 14.3. The Hall–Kier alpha value is -1.23. The molecule has 4 nitrogen and oxygen atoms in total. The summed E-state index contributed by atoms with van der Waals surface area (Å²) in [6.07, 6.45) is 2.87. The first-order chi connectivity index (χ1) is 5.29. The third kappa shape index (κ3) is 2.90. The van der Waals surface area contributed by atoms with Gasteiger partial charge in [-0.15, -0.1) is 11.3 Å². The van der Waals surface area contributed by atoms with E-state index in [1.807, 2.05) is 5.38 Å². The van der Waals surface area contributed by atoms with Gasteiger partial charge in [-0.05, 0) is 0 Å². The molecule has 11 heavy (non-hydrogen) atoms. The van der Waals surface area contributed by atoms with Crippen LogP contribution in [0.5, 0.6) is 0 Å². The highest BCUT2D eigenvalue weighted by Crippen LogP contribution is 2.09. The lowest BCUT2D eigenvalue weighted by Gasteiger charge is -1.88. The smallest absolute Gasteiger partial charge is 0.203 e. The van der Waals surface area contributed by atoms with Crippen LogP contribution in [0.25, 0.3) is 0 Å². The normalized spacial score (nSPS) is 10.3. The van der Waals surface area contributed by atoms with Crippen molar-refractivity contribution >= 4 is 28.5 Å². The number of nitrogens with one attached hydrogen (secondary N) is 1. The van der Waals surface area contributed by atoms with Gasteiger partial charge in [0.15, 0.2) is 5.78 Å². The topological polar surface area (TPSA) is 54.4 Å². The monoisotopic (exact) mass is 169 g/mol. The summed E-state index contributed by atoms with van der Waals surface area (Å²) in [5.41, 5.74) is 2.61. The molecule has 1 aromatic heterocycles. The number of Topliss-reactive ketones (excluding diaryl/α,β-unsaturated/α-hetero) is 1. The first-order valence-corrected chi connectivity index (χ1v) is 3.86. The fraction of sp³-hybridized carbons (Fsp3) is 0.167. The molecule has 1 heterocycles. The molecule has 0 radical (unpaired) electrons. The molecular formula is C6H7N3OS. The molecule has 0 bridgehead atoms. The fourth-order valence-corrected chi connectivity index (χ4v) is 0.935. The zero-order valence-corrected chi connectivity index (χ0v) is 6.76. The van der Waals surface area contributed by atoms with E-state index in [4.69, 9.17) is 0 Å². The molecule has 0 saturated carbocycles. The van der Waals surface area contributed by atoms with Crippen LogP contribution in [0.2, 0.25) is 0 Å². The quantitative estimate of drug-likeness (QED) is 0.545. The summed E-state index contributed by atoms with van der Waals surface area (Å²) in [6.45, 7) is 1.44. The van der Waals surface area contributed by atoms with Gasteiger partial charge in [-0.1, -0.05) is 0 Å². The van der Waals surface area contributed by atoms with Crippen molar-refractivity contribution < 1.29 is 4.79 Å². The van der Waals surface area contributed by atoms with Gasteiger partial charge < -0.3 is 0 Å². The lowest BCUT2D eigenvalue weighted by molar-refractivity contribution is -0.110. The fourth-order valence-electron chi connectivity index (χ4n) is 0.457. The number of hydrazone groups is 1. The van der Waals surface area contributed by atoms with Crippen LogP contribution in [0, 0.1) is 0 Å². The van der Waals surface area contributed by atoms with E-state index in [-0.39, 0.29) is 5.78 Å². The van der Waals surface area contributed by atoms with Crippen molar-refractivity contribution in [2.75, 3.05) is 5.43 Å². The molecule has 0 amide bonds. The molecule has 1 aromatic rings. The molecule has 0 unspecified atom stereocenters. The zero-order chi connectivity index (χ0) is 8.10. The largest absolute Gasteiger partial charge is 0.293 e. The number of carbonyl (C=O) groups excluding carboxylic acids is 1. The van der Waals surface area contributed by atoms with E-state index in [9.17, 15) is 4.79 Å². The second-order valence-electron chi connectivity index (χ2n) is 1.82. The Kier molecular flexibility index (Phi) is 2.74. The minimum Gasteiger partial charge on any atom is -0.293 e. The summed E-state index contributed by atoms with van der Waals surface area (Å²) < 4.78 is 0. The molecule has 58 valence electrons. The van der Waals surface area contributed by atoms with Crippen LogP contribution in [-0.4, -0.2) is 17.0 Å². The summed E-state index contributed by atoms with van der Waals surface area (Å²) in [7, 11) is 0. The number of aromatic nitrogens is 1. The zero-order valence-electron chi connectivity index (χ0n) is 5.94. The van der Waals surface area contributed by atoms with E-state index in [1.165, 1.54) is 24.5 Å². The molecule has 0 aliphatic carbocycles. The highest BCUT2D eigenvalue weighted by molar-refractivity contribution is 7.13. The van der Waals surface area contributed by atoms with Crippen LogP contribution in [-0.2, 0) is 4.79 Å². The number of hydrogen-bond donors (Lipinski definition) is 1. The molecule has 0 fully saturated rings. The van der Waals surface area contributed by atoms with E-state index in [0.29, 0.717) is 5.13 Å². The van der Waals surface area contributed by atoms with E-state index in [2.05, 4.69) is 15.5 Å². The lowest BCUT2D eigenvalue weighted by Crippen LogP contribution is -1.94. The van der Waals surface area contributed by atoms with Crippen LogP contribution in [0.3, 0.4) is 0 Å². The Balaban J connectivity index is 2.40. The van der Waals surface area contributed by atoms with Gasteiger partial charge in [0.25, 0.3) is 0 Å². The molecule has 0 aliphatic heterocycles. The van der Waals surface area contributed by atoms with Gasteiger partial charge in [0, 0.05) is 18.5 Å². The minimum absolute atomic E-state index is 0.0888. The molecule has 0 saturated heterocycles. The Bertz CT molecular complexity index is 255. The van der Waals surface area contributed by atoms with Crippen LogP contribution in [0.4, 0.5) is 5.13 Å². The maximum Gasteiger partial charge on any atom is 0.203 e. The highest BCUT2D eigenvalue weighted by Gasteiger charge is 1.88. The number of carbonyl (C=O) groups is 1. The van der Waals surface area contributed by atoms with Gasteiger partial charge in [0.05, 0.1) is 6.21 Å². The van der Waals surface area contributed by atoms with Crippen molar-refractivity contribution in [3.05, 3.63) is 11.6 Å². The van der Waals surface area contributed by atoms with Crippen molar-refractivity contribution in [3.8, 4) is 0 Å². The lowest BCUT2D eigenvalue weighted by atomic mass is 10.5. The third-order valence-electron chi connectivity index (χ3n) is 0.839. The molecule has 0 aromatic carbocycles. The molecule has 0 spiro atoms. The first-order valence-electron chi connectivity index (χ1n) is 2.98. The average Bonchev–Trinajstić information content (AvgIpc) is 2.39. The number of ketones is 1. The van der Waals surface area contributed by atoms with Crippen molar-refractivity contribution in [1.29, 1.82) is 0 Å². The molecule has 0 atom stereocenters. The minimum atomic E-state index is -0.0888. The molecular weight excluding hydrogens is 162 g/mol. The number of thiazole rings is 1. The summed E-state index contributed by atoms with van der Waals surface area (Å²) in [5.74, 6) is -0.0888. The van der Waals surface area contributed by atoms with Crippen molar-refractivity contribution in [2.24, 2.45) is 5.10 Å². The van der Waals surface area contributed by atoms with Gasteiger partial charge in [-0.3, -0.25) is 10.2 Å². The first kappa shape index (κ1) is 7.87. The number of hydrogen-bond acceptors (Lipinski definition) is 5. The molecule has 1 N–H and O–H groups in total. The van der Waals surface area contributed by atoms with Gasteiger partial charge in [-0.25, -0.2) is 4.98 Å². The van der Waals surface area contributed by atoms with Crippen LogP contribution < -0.4 is 5.43 Å². The molecule has 5 heteroatoms. The SMILES string of the molecule is CC(=O)/C=N/Nc1nccs1. The van der Waals surface area contributed by atoms with Gasteiger partial charge >= 0.3 is 0 Å². The van der Waals surface area contributed by atoms with E-state index in [0.717, 1.165) is 0 Å². The van der Waals surface area contributed by atoms with E-state index < -0.39 is 0 Å². The maximum atomic E-state index is 10.4. The highest BCUT2D eigenvalue weighted by atomic mass is 32.1. The van der Waals surface area contributed by atoms with Crippen molar-refractivity contribution in [3.63, 3.8) is 0 Å². The standard InChI is InChI=1S/C6H7N3OS/c1-5(10)4-8-9-6-7-2-3-11-6/h2-4H,1H3,(H,7,9)/b8-4+. The number of nitrogens with zero attached hydrogens (tertiary/aromatic N) is 2. The van der Waals surface area contributed by atoms with Crippen LogP contribution in [0.15, 0.2) is 16.7 Å². The van der Waals surface area contributed by atoms with Crippen LogP contribution in [0.1, 0.15) is 6.92 Å².